The van der Waals surface area contributed by atoms with E-state index in [9.17, 15) is 14.4 Å². The quantitative estimate of drug-likeness (QED) is 0.220. The van der Waals surface area contributed by atoms with Gasteiger partial charge in [-0.1, -0.05) is 84.4 Å². The van der Waals surface area contributed by atoms with E-state index in [4.69, 9.17) is 16.3 Å². The largest absolute Gasteiger partial charge is 0.487 e. The highest BCUT2D eigenvalue weighted by atomic mass is 35.5. The van der Waals surface area contributed by atoms with Crippen molar-refractivity contribution in [1.82, 2.24) is 0 Å². The van der Waals surface area contributed by atoms with Gasteiger partial charge in [-0.15, -0.1) is 0 Å². The highest BCUT2D eigenvalue weighted by molar-refractivity contribution is 6.46. The Hall–Kier alpha value is -4.68. The second kappa shape index (κ2) is 10.5. The summed E-state index contributed by atoms with van der Waals surface area (Å²) in [4.78, 5) is 42.3. The molecule has 4 amide bonds. The van der Waals surface area contributed by atoms with Crippen molar-refractivity contribution in [1.29, 1.82) is 0 Å². The Bertz CT molecular complexity index is 1420. The highest BCUT2D eigenvalue weighted by Gasteiger charge is 2.43. The summed E-state index contributed by atoms with van der Waals surface area (Å²) < 4.78 is 5.83. The third-order valence-electron chi connectivity index (χ3n) is 5.78. The lowest BCUT2D eigenvalue weighted by molar-refractivity contribution is -0.121. The molecule has 0 aliphatic carbocycles. The van der Waals surface area contributed by atoms with Crippen molar-refractivity contribution >= 4 is 46.9 Å². The van der Waals surface area contributed by atoms with E-state index in [1.807, 2.05) is 30.3 Å². The molecular formula is C30H21ClN2O4. The summed E-state index contributed by atoms with van der Waals surface area (Å²) in [6, 6.07) is 30.9. The fourth-order valence-corrected chi connectivity index (χ4v) is 4.21. The summed E-state index contributed by atoms with van der Waals surface area (Å²) in [5.74, 6) is -0.955. The van der Waals surface area contributed by atoms with E-state index in [-0.39, 0.29) is 5.57 Å². The molecule has 1 aliphatic heterocycles. The zero-order chi connectivity index (χ0) is 25.8. The summed E-state index contributed by atoms with van der Waals surface area (Å²) in [6.45, 7) is 0.345. The van der Waals surface area contributed by atoms with Crippen LogP contribution in [-0.2, 0) is 16.2 Å². The Morgan fingerprint density at radius 2 is 1.19 bits per heavy atom. The molecule has 0 spiro atoms. The van der Waals surface area contributed by atoms with Crippen LogP contribution in [0.4, 0.5) is 16.2 Å². The van der Waals surface area contributed by atoms with Crippen molar-refractivity contribution in [2.75, 3.05) is 9.80 Å². The number of nitrogens with zero attached hydrogens (tertiary/aromatic N) is 2. The van der Waals surface area contributed by atoms with Crippen LogP contribution in [0.15, 0.2) is 115 Å². The zero-order valence-electron chi connectivity index (χ0n) is 19.6. The number of carbonyl (C=O) groups is 3. The smallest absolute Gasteiger partial charge is 0.343 e. The normalized spacial score (nSPS) is 13.6. The monoisotopic (exact) mass is 508 g/mol. The number of ether oxygens (including phenoxy) is 1. The van der Waals surface area contributed by atoms with E-state index >= 15 is 0 Å². The molecule has 4 aromatic rings. The minimum atomic E-state index is -0.743. The third-order valence-corrected chi connectivity index (χ3v) is 6.08. The molecule has 0 N–H and O–H groups in total. The number of benzene rings is 4. The van der Waals surface area contributed by atoms with E-state index < -0.39 is 17.8 Å². The van der Waals surface area contributed by atoms with Gasteiger partial charge in [-0.25, -0.2) is 14.6 Å². The van der Waals surface area contributed by atoms with Crippen molar-refractivity contribution in [3.8, 4) is 5.75 Å². The van der Waals surface area contributed by atoms with Crippen LogP contribution >= 0.6 is 11.6 Å². The molecule has 1 heterocycles. The predicted molar refractivity (Wildman–Crippen MR) is 143 cm³/mol. The molecule has 5 rings (SSSR count). The van der Waals surface area contributed by atoms with Gasteiger partial charge < -0.3 is 4.74 Å². The first kappa shape index (κ1) is 24.0. The van der Waals surface area contributed by atoms with Crippen molar-refractivity contribution in [2.45, 2.75) is 6.61 Å². The summed E-state index contributed by atoms with van der Waals surface area (Å²) in [5, 5.41) is 0.330. The van der Waals surface area contributed by atoms with Gasteiger partial charge in [0.05, 0.1) is 16.4 Å². The average molecular weight is 509 g/mol. The average Bonchev–Trinajstić information content (AvgIpc) is 2.92. The second-order valence-corrected chi connectivity index (χ2v) is 8.66. The molecule has 7 heteroatoms. The van der Waals surface area contributed by atoms with Crippen molar-refractivity contribution in [2.24, 2.45) is 0 Å². The highest BCUT2D eigenvalue weighted by Crippen LogP contribution is 2.31. The maximum absolute atomic E-state index is 13.5. The minimum absolute atomic E-state index is 0.165. The number of para-hydroxylation sites is 2. The maximum atomic E-state index is 13.5. The molecule has 0 aromatic heterocycles. The number of rotatable bonds is 6. The Balaban J connectivity index is 1.49. The van der Waals surface area contributed by atoms with Crippen LogP contribution in [0, 0.1) is 0 Å². The lowest BCUT2D eigenvalue weighted by Crippen LogP contribution is -2.57. The molecule has 0 bridgehead atoms. The van der Waals surface area contributed by atoms with Crippen molar-refractivity contribution in [3.05, 3.63) is 131 Å². The van der Waals surface area contributed by atoms with Crippen LogP contribution in [0.3, 0.4) is 0 Å². The maximum Gasteiger partial charge on any atom is 0.343 e. The lowest BCUT2D eigenvalue weighted by Gasteiger charge is -2.33. The van der Waals surface area contributed by atoms with E-state index in [1.54, 1.807) is 78.9 Å². The van der Waals surface area contributed by atoms with Gasteiger partial charge in [0.25, 0.3) is 11.8 Å². The molecule has 1 fully saturated rings. The zero-order valence-corrected chi connectivity index (χ0v) is 20.3. The molecule has 1 aliphatic rings. The number of anilines is 2. The van der Waals surface area contributed by atoms with E-state index in [2.05, 4.69) is 0 Å². The molecule has 6 nitrogen and oxygen atoms in total. The number of halogens is 1. The topological polar surface area (TPSA) is 66.9 Å². The second-order valence-electron chi connectivity index (χ2n) is 8.26. The number of hydrogen-bond donors (Lipinski definition) is 0. The van der Waals surface area contributed by atoms with Gasteiger partial charge >= 0.3 is 6.03 Å². The van der Waals surface area contributed by atoms with E-state index in [0.717, 1.165) is 15.4 Å². The van der Waals surface area contributed by atoms with Crippen molar-refractivity contribution < 1.29 is 19.1 Å². The number of urea groups is 1. The lowest BCUT2D eigenvalue weighted by atomic mass is 10.0. The van der Waals surface area contributed by atoms with Gasteiger partial charge in [0.2, 0.25) is 0 Å². The molecule has 4 aromatic carbocycles. The third kappa shape index (κ3) is 5.01. The Morgan fingerprint density at radius 1 is 0.676 bits per heavy atom. The number of amides is 4. The Labute approximate surface area is 219 Å². The molecule has 0 atom stereocenters. The number of barbiturate groups is 1. The van der Waals surface area contributed by atoms with Crippen LogP contribution in [0.2, 0.25) is 5.02 Å². The fourth-order valence-electron chi connectivity index (χ4n) is 3.97. The van der Waals surface area contributed by atoms with Crippen molar-refractivity contribution in [3.63, 3.8) is 0 Å². The summed E-state index contributed by atoms with van der Waals surface area (Å²) in [7, 11) is 0. The van der Waals surface area contributed by atoms with Crippen LogP contribution in [0.25, 0.3) is 6.08 Å². The standard InChI is InChI=1S/C30H21ClN2O4/c31-26-19-22(16-17-27(26)37-20-21-10-4-1-5-11-21)18-25-28(34)32(23-12-6-2-7-13-23)30(36)33(29(25)35)24-14-8-3-9-15-24/h1-19H,20H2. The molecule has 182 valence electrons. The van der Waals surface area contributed by atoms with Gasteiger partial charge in [-0.2, -0.15) is 0 Å². The van der Waals surface area contributed by atoms with E-state index in [0.29, 0.717) is 34.3 Å². The Kier molecular flexibility index (Phi) is 6.83. The first-order valence-corrected chi connectivity index (χ1v) is 11.9. The van der Waals surface area contributed by atoms with Crippen LogP contribution in [-0.4, -0.2) is 17.8 Å². The first-order valence-electron chi connectivity index (χ1n) is 11.5. The van der Waals surface area contributed by atoms with Gasteiger partial charge in [0.1, 0.15) is 17.9 Å². The molecule has 0 saturated carbocycles. The Morgan fingerprint density at radius 3 is 1.70 bits per heavy atom. The van der Waals surface area contributed by atoms with Crippen LogP contribution < -0.4 is 14.5 Å². The molecule has 0 radical (unpaired) electrons. The number of carbonyl (C=O) groups excluding carboxylic acids is 3. The first-order chi connectivity index (χ1) is 18.0. The summed E-state index contributed by atoms with van der Waals surface area (Å²) >= 11 is 6.46. The molecule has 0 unspecified atom stereocenters. The summed E-state index contributed by atoms with van der Waals surface area (Å²) in [5.41, 5.74) is 2.07. The van der Waals surface area contributed by atoms with Gasteiger partial charge in [0, 0.05) is 0 Å². The number of imide groups is 2. The molecule has 37 heavy (non-hydrogen) atoms. The summed E-state index contributed by atoms with van der Waals surface area (Å²) in [6.07, 6.45) is 1.44. The minimum Gasteiger partial charge on any atom is -0.487 e. The number of hydrogen-bond acceptors (Lipinski definition) is 4. The van der Waals surface area contributed by atoms with E-state index in [1.165, 1.54) is 6.08 Å². The molecular weight excluding hydrogens is 488 g/mol. The fraction of sp³-hybridized carbons (Fsp3) is 0.0333. The SMILES string of the molecule is O=C1C(=Cc2ccc(OCc3ccccc3)c(Cl)c2)C(=O)N(c2ccccc2)C(=O)N1c1ccccc1. The van der Waals surface area contributed by atoms with Crippen LogP contribution in [0.5, 0.6) is 5.75 Å². The van der Waals surface area contributed by atoms with Crippen LogP contribution in [0.1, 0.15) is 11.1 Å². The van der Waals surface area contributed by atoms with Gasteiger partial charge in [-0.05, 0) is 53.6 Å². The van der Waals surface area contributed by atoms with Gasteiger partial charge in [0.15, 0.2) is 0 Å². The molecule has 1 saturated heterocycles. The predicted octanol–water partition coefficient (Wildman–Crippen LogP) is 6.50. The van der Waals surface area contributed by atoms with Gasteiger partial charge in [-0.3, -0.25) is 9.59 Å².